The molecule has 4 nitrogen and oxygen atoms in total. The zero-order chi connectivity index (χ0) is 14.0. The van der Waals surface area contributed by atoms with Gasteiger partial charge in [-0.1, -0.05) is 35.9 Å². The largest absolute Gasteiger partial charge is 0.497 e. The Kier molecular flexibility index (Phi) is 3.41. The second-order valence-electron chi connectivity index (χ2n) is 4.23. The molecule has 0 aromatic heterocycles. The molecule has 1 aliphatic carbocycles. The topological polar surface area (TPSA) is 67.2 Å². The summed E-state index contributed by atoms with van der Waals surface area (Å²) < 4.78 is 5.09. The maximum atomic E-state index is 12.2. The molecule has 0 bridgehead atoms. The first kappa shape index (κ1) is 13.3. The van der Waals surface area contributed by atoms with E-state index >= 15 is 0 Å². The van der Waals surface area contributed by atoms with Gasteiger partial charge in [-0.25, -0.2) is 0 Å². The number of Topliss-reactive ketones (excluding diaryl/α,β-unsaturated/α-hetero) is 2. The molecule has 0 heterocycles. The number of benzene rings is 1. The van der Waals surface area contributed by atoms with Gasteiger partial charge in [-0.15, -0.1) is 0 Å². The monoisotopic (exact) mass is 275 g/mol. The quantitative estimate of drug-likeness (QED) is 0.368. The maximum Gasteiger partial charge on any atom is 0.203 e. The number of halogens is 1. The summed E-state index contributed by atoms with van der Waals surface area (Å²) in [5.41, 5.74) is 0.954. The molecule has 2 rings (SSSR count). The molecule has 5 heteroatoms. The molecule has 1 aromatic carbocycles. The fourth-order valence-corrected chi connectivity index (χ4v) is 2.11. The van der Waals surface area contributed by atoms with Gasteiger partial charge >= 0.3 is 0 Å². The second-order valence-corrected chi connectivity index (χ2v) is 4.87. The Bertz CT molecular complexity index is 593. The summed E-state index contributed by atoms with van der Waals surface area (Å²) in [5.74, 6) is -0.921. The van der Waals surface area contributed by atoms with E-state index in [1.807, 2.05) is 6.07 Å². The fourth-order valence-electron chi connectivity index (χ4n) is 1.85. The van der Waals surface area contributed by atoms with Crippen LogP contribution in [0.4, 0.5) is 0 Å². The third-order valence-corrected chi connectivity index (χ3v) is 3.31. The Hall–Kier alpha value is -2.12. The average molecular weight is 276 g/mol. The van der Waals surface area contributed by atoms with E-state index < -0.39 is 16.4 Å². The highest BCUT2D eigenvalue weighted by Gasteiger charge is 2.52. The normalized spacial score (nSPS) is 17.0. The number of hydrogen-bond acceptors (Lipinski definition) is 4. The summed E-state index contributed by atoms with van der Waals surface area (Å²) in [6.45, 7) is 1.26. The van der Waals surface area contributed by atoms with Gasteiger partial charge in [0.25, 0.3) is 0 Å². The third kappa shape index (κ3) is 2.13. The molecule has 0 unspecified atom stereocenters. The van der Waals surface area contributed by atoms with E-state index in [1.54, 1.807) is 31.2 Å². The molecule has 0 saturated heterocycles. The van der Waals surface area contributed by atoms with Gasteiger partial charge in [0.15, 0.2) is 11.6 Å². The summed E-state index contributed by atoms with van der Waals surface area (Å²) in [6.07, 6.45) is 1.19. The third-order valence-electron chi connectivity index (χ3n) is 2.85. The van der Waals surface area contributed by atoms with Crippen molar-refractivity contribution in [2.45, 2.75) is 11.8 Å². The Morgan fingerprint density at radius 1 is 1.37 bits per heavy atom. The minimum absolute atomic E-state index is 0.292. The van der Waals surface area contributed by atoms with Gasteiger partial charge in [0, 0.05) is 11.1 Å². The molecule has 1 aromatic rings. The minimum Gasteiger partial charge on any atom is -0.497 e. The van der Waals surface area contributed by atoms with Gasteiger partial charge in [-0.3, -0.25) is 9.59 Å². The van der Waals surface area contributed by atoms with E-state index in [0.29, 0.717) is 16.7 Å². The van der Waals surface area contributed by atoms with Crippen LogP contribution in [0.2, 0.25) is 0 Å². The number of carbonyl (C=O) groups excluding carboxylic acids is 2. The zero-order valence-corrected chi connectivity index (χ0v) is 10.9. The first-order valence-corrected chi connectivity index (χ1v) is 5.94. The Morgan fingerprint density at radius 2 is 1.89 bits per heavy atom. The Labute approximate surface area is 115 Å². The van der Waals surface area contributed by atoms with Crippen LogP contribution < -0.4 is 0 Å². The molecular formula is C14H10ClNO3. The van der Waals surface area contributed by atoms with E-state index in [0.717, 1.165) is 0 Å². The summed E-state index contributed by atoms with van der Waals surface area (Å²) in [4.78, 5) is 22.6. The molecule has 0 aliphatic heterocycles. The van der Waals surface area contributed by atoms with Crippen molar-refractivity contribution >= 4 is 23.2 Å². The fraction of sp³-hybridized carbons (Fsp3) is 0.214. The molecule has 19 heavy (non-hydrogen) atoms. The Morgan fingerprint density at radius 3 is 2.37 bits per heavy atom. The van der Waals surface area contributed by atoms with Crippen molar-refractivity contribution in [3.8, 4) is 6.07 Å². The van der Waals surface area contributed by atoms with Gasteiger partial charge < -0.3 is 4.74 Å². The molecule has 0 saturated carbocycles. The number of ketones is 2. The first-order valence-electron chi connectivity index (χ1n) is 5.56. The van der Waals surface area contributed by atoms with E-state index in [-0.39, 0.29) is 6.61 Å². The number of rotatable bonds is 3. The van der Waals surface area contributed by atoms with Crippen molar-refractivity contribution in [3.05, 3.63) is 47.2 Å². The van der Waals surface area contributed by atoms with Crippen molar-refractivity contribution in [2.24, 2.45) is 0 Å². The van der Waals surface area contributed by atoms with Gasteiger partial charge in [0.2, 0.25) is 4.87 Å². The van der Waals surface area contributed by atoms with Crippen LogP contribution >= 0.6 is 11.6 Å². The van der Waals surface area contributed by atoms with E-state index in [1.165, 1.54) is 6.26 Å². The van der Waals surface area contributed by atoms with Crippen LogP contribution in [0.15, 0.2) is 36.1 Å². The predicted molar refractivity (Wildman–Crippen MR) is 69.0 cm³/mol. The maximum absolute atomic E-state index is 12.2. The summed E-state index contributed by atoms with van der Waals surface area (Å²) in [7, 11) is 0. The molecule has 1 aliphatic rings. The highest BCUT2D eigenvalue weighted by Crippen LogP contribution is 2.35. The minimum atomic E-state index is -1.73. The molecule has 0 atom stereocenters. The highest BCUT2D eigenvalue weighted by atomic mass is 35.5. The van der Waals surface area contributed by atoms with Crippen molar-refractivity contribution in [2.75, 3.05) is 6.61 Å². The molecule has 0 N–H and O–H groups in total. The van der Waals surface area contributed by atoms with Crippen LogP contribution in [0.3, 0.4) is 0 Å². The SMILES string of the molecule is C/C(C#N)=C/OCC1(Cl)C(=O)c2ccccc2C1=O. The van der Waals surface area contributed by atoms with Crippen molar-refractivity contribution in [1.82, 2.24) is 0 Å². The zero-order valence-electron chi connectivity index (χ0n) is 10.1. The number of alkyl halides is 1. The van der Waals surface area contributed by atoms with Crippen molar-refractivity contribution in [1.29, 1.82) is 5.26 Å². The molecular weight excluding hydrogens is 266 g/mol. The lowest BCUT2D eigenvalue weighted by Crippen LogP contribution is -2.39. The van der Waals surface area contributed by atoms with Crippen LogP contribution in [-0.2, 0) is 4.74 Å². The van der Waals surface area contributed by atoms with Gasteiger partial charge in [0.05, 0.1) is 17.9 Å². The summed E-state index contributed by atoms with van der Waals surface area (Å²) in [6, 6.07) is 8.34. The number of nitriles is 1. The van der Waals surface area contributed by atoms with Crippen LogP contribution in [-0.4, -0.2) is 23.0 Å². The molecule has 0 amide bonds. The van der Waals surface area contributed by atoms with Crippen LogP contribution in [0.5, 0.6) is 0 Å². The first-order chi connectivity index (χ1) is 9.00. The van der Waals surface area contributed by atoms with Crippen molar-refractivity contribution in [3.63, 3.8) is 0 Å². The van der Waals surface area contributed by atoms with Gasteiger partial charge in [0.1, 0.15) is 6.61 Å². The number of nitrogens with zero attached hydrogens (tertiary/aromatic N) is 1. The van der Waals surface area contributed by atoms with Gasteiger partial charge in [-0.2, -0.15) is 5.26 Å². The second kappa shape index (κ2) is 4.87. The predicted octanol–water partition coefficient (Wildman–Crippen LogP) is 2.49. The van der Waals surface area contributed by atoms with Crippen molar-refractivity contribution < 1.29 is 14.3 Å². The van der Waals surface area contributed by atoms with Crippen LogP contribution in [0.1, 0.15) is 27.6 Å². The number of ether oxygens (including phenoxy) is 1. The summed E-state index contributed by atoms with van der Waals surface area (Å²) >= 11 is 6.13. The van der Waals surface area contributed by atoms with E-state index in [4.69, 9.17) is 21.6 Å². The lowest BCUT2D eigenvalue weighted by molar-refractivity contribution is 0.0793. The number of hydrogen-bond donors (Lipinski definition) is 0. The standard InChI is InChI=1S/C14H10ClNO3/c1-9(6-16)7-19-8-14(15)12(17)10-4-2-3-5-11(10)13(14)18/h2-5,7H,8H2,1H3/b9-7-. The van der Waals surface area contributed by atoms with Crippen LogP contribution in [0, 0.1) is 11.3 Å². The summed E-state index contributed by atoms with van der Waals surface area (Å²) in [5, 5.41) is 8.57. The molecule has 0 fully saturated rings. The average Bonchev–Trinajstić information content (AvgIpc) is 2.62. The smallest absolute Gasteiger partial charge is 0.203 e. The molecule has 0 radical (unpaired) electrons. The lowest BCUT2D eigenvalue weighted by atomic mass is 10.0. The van der Waals surface area contributed by atoms with E-state index in [9.17, 15) is 9.59 Å². The Balaban J connectivity index is 2.25. The number of fused-ring (bicyclic) bond motifs is 1. The number of carbonyl (C=O) groups is 2. The lowest BCUT2D eigenvalue weighted by Gasteiger charge is -2.16. The molecule has 96 valence electrons. The highest BCUT2D eigenvalue weighted by molar-refractivity contribution is 6.55. The number of allylic oxidation sites excluding steroid dienone is 1. The van der Waals surface area contributed by atoms with E-state index in [2.05, 4.69) is 0 Å². The van der Waals surface area contributed by atoms with Gasteiger partial charge in [-0.05, 0) is 6.92 Å². The molecule has 0 spiro atoms. The van der Waals surface area contributed by atoms with Crippen LogP contribution in [0.25, 0.3) is 0 Å².